The molecule has 1 N–H and O–H groups in total. The summed E-state index contributed by atoms with van der Waals surface area (Å²) in [7, 11) is 0. The lowest BCUT2D eigenvalue weighted by atomic mass is 10.1. The number of hydrogen-bond donors (Lipinski definition) is 1. The minimum atomic E-state index is -0.372. The van der Waals surface area contributed by atoms with E-state index in [1.54, 1.807) is 12.1 Å². The van der Waals surface area contributed by atoms with Crippen LogP contribution in [0.15, 0.2) is 23.2 Å². The number of likely N-dealkylation sites (tertiary alicyclic amines) is 1. The Bertz CT molecular complexity index is 659. The molecule has 2 aliphatic rings. The predicted molar refractivity (Wildman–Crippen MR) is 100 cm³/mol. The van der Waals surface area contributed by atoms with Crippen molar-refractivity contribution < 1.29 is 13.9 Å². The average Bonchev–Trinajstić information content (AvgIpc) is 3.01. The van der Waals surface area contributed by atoms with E-state index in [1.165, 1.54) is 6.07 Å². The first-order chi connectivity index (χ1) is 12.5. The number of amides is 1. The molecule has 142 valence electrons. The Labute approximate surface area is 154 Å². The number of anilines is 1. The number of rotatable bonds is 5. The van der Waals surface area contributed by atoms with Crippen LogP contribution in [0.1, 0.15) is 30.6 Å². The van der Waals surface area contributed by atoms with Crippen LogP contribution in [0.4, 0.5) is 10.1 Å². The molecule has 26 heavy (non-hydrogen) atoms. The summed E-state index contributed by atoms with van der Waals surface area (Å²) in [4.78, 5) is 20.4. The summed E-state index contributed by atoms with van der Waals surface area (Å²) in [5.41, 5.74) is 0.869. The first-order valence-electron chi connectivity index (χ1n) is 9.12. The number of ether oxygens (including phenoxy) is 1. The molecule has 0 spiro atoms. The van der Waals surface area contributed by atoms with E-state index in [0.29, 0.717) is 31.0 Å². The van der Waals surface area contributed by atoms with Gasteiger partial charge in [0, 0.05) is 37.8 Å². The third-order valence-corrected chi connectivity index (χ3v) is 4.88. The zero-order valence-electron chi connectivity index (χ0n) is 15.4. The van der Waals surface area contributed by atoms with Gasteiger partial charge in [-0.2, -0.15) is 0 Å². The fourth-order valence-corrected chi connectivity index (χ4v) is 3.77. The molecule has 1 aromatic rings. The second-order valence-electron chi connectivity index (χ2n) is 7.23. The Morgan fingerprint density at radius 2 is 2.08 bits per heavy atom. The van der Waals surface area contributed by atoms with Gasteiger partial charge in [0.05, 0.1) is 24.6 Å². The Hall–Kier alpha value is -1.99. The molecule has 0 radical (unpaired) electrons. The zero-order valence-corrected chi connectivity index (χ0v) is 15.4. The molecule has 3 rings (SSSR count). The molecule has 0 aromatic heterocycles. The van der Waals surface area contributed by atoms with E-state index < -0.39 is 0 Å². The van der Waals surface area contributed by atoms with E-state index in [-0.39, 0.29) is 30.0 Å². The van der Waals surface area contributed by atoms with Gasteiger partial charge in [0.1, 0.15) is 5.82 Å². The summed E-state index contributed by atoms with van der Waals surface area (Å²) >= 11 is 0. The average molecular weight is 362 g/mol. The third kappa shape index (κ3) is 4.40. The van der Waals surface area contributed by atoms with Gasteiger partial charge in [-0.1, -0.05) is 0 Å². The first-order valence-corrected chi connectivity index (χ1v) is 9.12. The molecule has 3 atom stereocenters. The molecule has 0 aliphatic carbocycles. The molecular weight excluding hydrogens is 335 g/mol. The van der Waals surface area contributed by atoms with Crippen LogP contribution in [-0.2, 0) is 4.74 Å². The highest BCUT2D eigenvalue weighted by Gasteiger charge is 2.26. The van der Waals surface area contributed by atoms with Crippen LogP contribution in [0.5, 0.6) is 0 Å². The quantitative estimate of drug-likeness (QED) is 0.813. The number of hydrogen-bond acceptors (Lipinski definition) is 5. The monoisotopic (exact) mass is 362 g/mol. The van der Waals surface area contributed by atoms with Crippen LogP contribution >= 0.6 is 0 Å². The lowest BCUT2D eigenvalue weighted by molar-refractivity contribution is -0.00539. The molecule has 2 aliphatic heterocycles. The van der Waals surface area contributed by atoms with Gasteiger partial charge in [-0.3, -0.25) is 14.7 Å². The largest absolute Gasteiger partial charge is 0.372 e. The van der Waals surface area contributed by atoms with Crippen LogP contribution in [-0.4, -0.2) is 68.6 Å². The van der Waals surface area contributed by atoms with Crippen LogP contribution in [0, 0.1) is 5.82 Å². The van der Waals surface area contributed by atoms with Gasteiger partial charge in [0.25, 0.3) is 5.91 Å². The third-order valence-electron chi connectivity index (χ3n) is 4.88. The van der Waals surface area contributed by atoms with Crippen molar-refractivity contribution in [1.29, 1.82) is 0 Å². The Kier molecular flexibility index (Phi) is 5.88. The van der Waals surface area contributed by atoms with Gasteiger partial charge in [-0.05, 0) is 45.2 Å². The standard InChI is InChI=1S/C19H27FN4O2/c1-13-9-24(10-14(2)26-13)18-5-4-15(8-17(18)20)19(25)22-16-6-7-23(11-16)12-21-3/h4-5,8,13-14,16H,3,6-7,9-12H2,1-2H3,(H,22,25)/t13-,14+,16-/m1/s1. The lowest BCUT2D eigenvalue weighted by Gasteiger charge is -2.37. The van der Waals surface area contributed by atoms with E-state index in [2.05, 4.69) is 21.9 Å². The summed E-state index contributed by atoms with van der Waals surface area (Å²) < 4.78 is 20.3. The van der Waals surface area contributed by atoms with E-state index >= 15 is 0 Å². The summed E-state index contributed by atoms with van der Waals surface area (Å²) in [6, 6.07) is 4.77. The van der Waals surface area contributed by atoms with Crippen LogP contribution in [0.25, 0.3) is 0 Å². The molecule has 6 nitrogen and oxygen atoms in total. The van der Waals surface area contributed by atoms with Gasteiger partial charge in [-0.25, -0.2) is 4.39 Å². The number of morpholine rings is 1. The normalized spacial score (nSPS) is 26.7. The molecule has 0 saturated carbocycles. The smallest absolute Gasteiger partial charge is 0.251 e. The van der Waals surface area contributed by atoms with Gasteiger partial charge in [0.2, 0.25) is 0 Å². The number of halogens is 1. The number of aliphatic imine (C=N–C) groups is 1. The van der Waals surface area contributed by atoms with Crippen molar-refractivity contribution in [3.63, 3.8) is 0 Å². The maximum Gasteiger partial charge on any atom is 0.251 e. The van der Waals surface area contributed by atoms with Crippen LogP contribution < -0.4 is 10.2 Å². The van der Waals surface area contributed by atoms with Crippen molar-refractivity contribution in [2.24, 2.45) is 4.99 Å². The van der Waals surface area contributed by atoms with Gasteiger partial charge >= 0.3 is 0 Å². The first kappa shape index (κ1) is 18.8. The summed E-state index contributed by atoms with van der Waals surface area (Å²) in [6.45, 7) is 10.9. The van der Waals surface area contributed by atoms with Gasteiger partial charge in [-0.15, -0.1) is 0 Å². The van der Waals surface area contributed by atoms with Crippen molar-refractivity contribution in [2.45, 2.75) is 38.5 Å². The number of carbonyl (C=O) groups is 1. The molecule has 7 heteroatoms. The molecule has 2 saturated heterocycles. The topological polar surface area (TPSA) is 57.2 Å². The van der Waals surface area contributed by atoms with E-state index in [9.17, 15) is 9.18 Å². The highest BCUT2D eigenvalue weighted by molar-refractivity contribution is 5.94. The van der Waals surface area contributed by atoms with Crippen molar-refractivity contribution >= 4 is 18.3 Å². The fraction of sp³-hybridized carbons (Fsp3) is 0.579. The van der Waals surface area contributed by atoms with E-state index in [1.807, 2.05) is 18.7 Å². The summed E-state index contributed by atoms with van der Waals surface area (Å²) in [5, 5.41) is 2.98. The summed E-state index contributed by atoms with van der Waals surface area (Å²) in [5.74, 6) is -0.611. The fourth-order valence-electron chi connectivity index (χ4n) is 3.77. The maximum atomic E-state index is 14.6. The zero-order chi connectivity index (χ0) is 18.7. The van der Waals surface area contributed by atoms with E-state index in [4.69, 9.17) is 4.74 Å². The highest BCUT2D eigenvalue weighted by atomic mass is 19.1. The molecular formula is C19H27FN4O2. The second-order valence-corrected chi connectivity index (χ2v) is 7.23. The summed E-state index contributed by atoms with van der Waals surface area (Å²) in [6.07, 6.45) is 0.971. The van der Waals surface area contributed by atoms with E-state index in [0.717, 1.165) is 19.5 Å². The molecule has 2 heterocycles. The Morgan fingerprint density at radius 1 is 1.35 bits per heavy atom. The highest BCUT2D eigenvalue weighted by Crippen LogP contribution is 2.24. The van der Waals surface area contributed by atoms with Crippen molar-refractivity contribution in [2.75, 3.05) is 37.7 Å². The SMILES string of the molecule is C=NCN1CC[C@@H](NC(=O)c2ccc(N3C[C@@H](C)O[C@@H](C)C3)c(F)c2)C1. The van der Waals surface area contributed by atoms with Gasteiger partial charge < -0.3 is 15.0 Å². The molecule has 1 aromatic carbocycles. The molecule has 1 amide bonds. The maximum absolute atomic E-state index is 14.6. The van der Waals surface area contributed by atoms with Gasteiger partial charge in [0.15, 0.2) is 0 Å². The number of nitrogens with one attached hydrogen (secondary N) is 1. The van der Waals surface area contributed by atoms with Crippen LogP contribution in [0.3, 0.4) is 0 Å². The minimum absolute atomic E-state index is 0.0523. The van der Waals surface area contributed by atoms with Crippen molar-refractivity contribution in [1.82, 2.24) is 10.2 Å². The molecule has 2 fully saturated rings. The number of carbonyl (C=O) groups excluding carboxylic acids is 1. The minimum Gasteiger partial charge on any atom is -0.372 e. The lowest BCUT2D eigenvalue weighted by Crippen LogP contribution is -2.45. The number of nitrogens with zero attached hydrogens (tertiary/aromatic N) is 3. The number of benzene rings is 1. The molecule has 0 bridgehead atoms. The Morgan fingerprint density at radius 3 is 2.73 bits per heavy atom. The molecule has 0 unspecified atom stereocenters. The van der Waals surface area contributed by atoms with Crippen molar-refractivity contribution in [3.8, 4) is 0 Å². The van der Waals surface area contributed by atoms with Crippen LogP contribution in [0.2, 0.25) is 0 Å². The van der Waals surface area contributed by atoms with Crippen molar-refractivity contribution in [3.05, 3.63) is 29.6 Å². The Balaban J connectivity index is 1.63. The predicted octanol–water partition coefficient (Wildman–Crippen LogP) is 1.90. The second kappa shape index (κ2) is 8.14.